The van der Waals surface area contributed by atoms with Crippen LogP contribution in [0.2, 0.25) is 0 Å². The van der Waals surface area contributed by atoms with Crippen molar-refractivity contribution >= 4 is 69.0 Å². The summed E-state index contributed by atoms with van der Waals surface area (Å²) < 4.78 is 45.0. The maximum absolute atomic E-state index is 14.5. The molecule has 3 aliphatic rings. The first-order valence-electron chi connectivity index (χ1n) is 20.8. The first-order chi connectivity index (χ1) is 30.3. The molecule has 5 N–H and O–H groups in total. The largest absolute Gasteiger partial charge is 1.00 e. The maximum atomic E-state index is 14.5. The number of ketones is 1. The smallest absolute Gasteiger partial charge is 0.872 e. The zero-order chi connectivity index (χ0) is 46.9. The first-order valence-corrected chi connectivity index (χ1v) is 23.2. The van der Waals surface area contributed by atoms with Crippen molar-refractivity contribution in [2.75, 3.05) is 33.4 Å². The van der Waals surface area contributed by atoms with Crippen LogP contribution in [0.5, 0.6) is 5.75 Å². The van der Waals surface area contributed by atoms with E-state index < -0.39 is 107 Å². The molecule has 0 radical (unpaired) electrons. The number of methoxy groups -OCH3 is 1. The van der Waals surface area contributed by atoms with Crippen LogP contribution in [0, 0.1) is 5.92 Å². The summed E-state index contributed by atoms with van der Waals surface area (Å²) in [4.78, 5) is 104. The Bertz CT molecular complexity index is 2270. The van der Waals surface area contributed by atoms with E-state index in [1.165, 1.54) is 48.5 Å². The van der Waals surface area contributed by atoms with E-state index in [1.54, 1.807) is 49.1 Å². The Morgan fingerprint density at radius 2 is 1.75 bits per heavy atom. The Balaban J connectivity index is 0.00000925. The normalized spacial score (nSPS) is 25.3. The Morgan fingerprint density at radius 3 is 2.42 bits per heavy atom. The van der Waals surface area contributed by atoms with Crippen molar-refractivity contribution in [1.29, 1.82) is 0 Å². The molecule has 2 fully saturated rings. The van der Waals surface area contributed by atoms with Gasteiger partial charge in [-0.25, -0.2) is 9.78 Å². The van der Waals surface area contributed by atoms with Crippen LogP contribution in [0.25, 0.3) is 6.08 Å². The standard InChI is InChI=1S/C42H55N7O13S2.Na/c1-6-24(3)34-35(51)38(54)44-29(19-26-11-13-28(50)14-12-26)39-43-27(22-63-39)18-23(2)17-25(4)42(57)62-21-30(40(55)48-15-8-10-33(48)37(53)46-34)45-36(52)32-9-7-16-49(32)41(56)31(20-61-5)47-64(58,59)60;/h11-14,17-18,22,24,29-34,47,50H,6-10,15-16,19-21H2,1-5H3,(H,44,54)(H,45,52)(H,46,53)(H,58,59,60);/q;+1/p-1/b23-18-,25-17-;/t24-,29+,30+,31-,32+,33+,34+;/m1./s1. The maximum Gasteiger partial charge on any atom is 1.00 e. The summed E-state index contributed by atoms with van der Waals surface area (Å²) in [6.07, 6.45) is 4.70. The van der Waals surface area contributed by atoms with Gasteiger partial charge in [0.25, 0.3) is 5.91 Å². The van der Waals surface area contributed by atoms with Gasteiger partial charge in [-0.2, -0.15) is 13.1 Å². The van der Waals surface area contributed by atoms with E-state index in [-0.39, 0.29) is 73.2 Å². The van der Waals surface area contributed by atoms with Crippen molar-refractivity contribution in [2.45, 2.75) is 102 Å². The number of carbonyl (C=O) groups excluding carboxylic acids is 7. The third-order valence-electron chi connectivity index (χ3n) is 11.3. The first kappa shape index (κ1) is 53.1. The number of rotatable bonds is 11. The number of hydrogen-bond donors (Lipinski definition) is 5. The third-order valence-corrected chi connectivity index (χ3v) is 12.8. The van der Waals surface area contributed by atoms with Crippen LogP contribution in [0.4, 0.5) is 0 Å². The molecule has 3 aliphatic heterocycles. The molecule has 65 heavy (non-hydrogen) atoms. The van der Waals surface area contributed by atoms with Gasteiger partial charge in [0.05, 0.1) is 24.4 Å². The number of amides is 5. The van der Waals surface area contributed by atoms with Gasteiger partial charge in [-0.1, -0.05) is 44.5 Å². The van der Waals surface area contributed by atoms with Crippen molar-refractivity contribution in [2.24, 2.45) is 5.92 Å². The van der Waals surface area contributed by atoms with Gasteiger partial charge in [0.2, 0.25) is 29.4 Å². The monoisotopic (exact) mass is 951 g/mol. The molecule has 5 amide bonds. The van der Waals surface area contributed by atoms with Gasteiger partial charge in [-0.3, -0.25) is 33.3 Å². The molecule has 2 aromatic rings. The van der Waals surface area contributed by atoms with E-state index in [9.17, 15) is 51.6 Å². The van der Waals surface area contributed by atoms with E-state index in [0.29, 0.717) is 41.1 Å². The van der Waals surface area contributed by atoms with Crippen molar-refractivity contribution in [3.8, 4) is 5.75 Å². The predicted octanol–water partition coefficient (Wildman–Crippen LogP) is -2.50. The number of ether oxygens (including phenoxy) is 2. The van der Waals surface area contributed by atoms with Crippen molar-refractivity contribution in [3.63, 3.8) is 0 Å². The Kier molecular flexibility index (Phi) is 19.4. The molecule has 4 heterocycles. The molecule has 20 nitrogen and oxygen atoms in total. The van der Waals surface area contributed by atoms with E-state index in [2.05, 4.69) is 16.0 Å². The fourth-order valence-corrected chi connectivity index (χ4v) is 9.17. The molecule has 0 spiro atoms. The van der Waals surface area contributed by atoms with Gasteiger partial charge < -0.3 is 40.3 Å². The molecule has 1 aromatic heterocycles. The number of allylic oxidation sites excluding steroid dienone is 2. The van der Waals surface area contributed by atoms with E-state index in [0.717, 1.165) is 4.90 Å². The number of thiazole rings is 1. The summed E-state index contributed by atoms with van der Waals surface area (Å²) in [6, 6.07) is -1.66. The van der Waals surface area contributed by atoms with Crippen molar-refractivity contribution < 1.29 is 90.7 Å². The number of cyclic esters (lactones) is 1. The van der Waals surface area contributed by atoms with Gasteiger partial charge in [0.1, 0.15) is 35.8 Å². The van der Waals surface area contributed by atoms with Crippen LogP contribution < -0.4 is 55.3 Å². The molecule has 0 saturated carbocycles. The minimum atomic E-state index is -4.86. The number of nitrogens with zero attached hydrogens (tertiary/aromatic N) is 3. The Labute approximate surface area is 403 Å². The molecule has 7 atom stereocenters. The van der Waals surface area contributed by atoms with E-state index in [4.69, 9.17) is 14.5 Å². The molecule has 2 saturated heterocycles. The Hall–Kier alpha value is -4.55. The van der Waals surface area contributed by atoms with Gasteiger partial charge in [0, 0.05) is 31.2 Å². The summed E-state index contributed by atoms with van der Waals surface area (Å²) in [5, 5.41) is 22.1. The van der Waals surface area contributed by atoms with Crippen LogP contribution >= 0.6 is 11.3 Å². The molecular weight excluding hydrogens is 898 g/mol. The number of esters is 1. The van der Waals surface area contributed by atoms with Crippen LogP contribution in [0.15, 0.2) is 46.9 Å². The summed E-state index contributed by atoms with van der Waals surface area (Å²) in [6.45, 7) is 5.58. The number of hydrogen-bond acceptors (Lipinski definition) is 14. The van der Waals surface area contributed by atoms with Gasteiger partial charge >= 0.3 is 45.8 Å². The number of nitrogens with one attached hydrogen (secondary N) is 4. The van der Waals surface area contributed by atoms with Crippen LogP contribution in [-0.4, -0.2) is 133 Å². The molecule has 0 aliphatic carbocycles. The SMILES string of the molecule is CC[C@@H](C)[C@@H]1NC(=O)[C@@H]2CCCN2C(=O)[C@@H](NC(=O)[C@@H]2CCCN2C(=O)[C@@H](COC)NS(=O)(=O)O)COC(=O)/C(C)=C\C(C)=C/c2csc(n2)[C@H](Cc2ccc([O-])cc2)NC(=O)C1=O.[Na+]. The molecule has 348 valence electrons. The quantitative estimate of drug-likeness (QED) is 0.0675. The Morgan fingerprint density at radius 1 is 1.06 bits per heavy atom. The molecule has 0 unspecified atom stereocenters. The van der Waals surface area contributed by atoms with Crippen molar-refractivity contribution in [1.82, 2.24) is 35.5 Å². The number of Topliss-reactive ketones (excluding diaryl/α,β-unsaturated/α-hetero) is 1. The zero-order valence-corrected chi connectivity index (χ0v) is 40.8. The fraction of sp³-hybridized carbons (Fsp3) is 0.524. The average molecular weight is 952 g/mol. The second-order valence-corrected chi connectivity index (χ2v) is 18.2. The zero-order valence-electron chi connectivity index (χ0n) is 37.2. The number of likely N-dealkylation sites (tertiary alicyclic amines) is 1. The summed E-state index contributed by atoms with van der Waals surface area (Å²) in [7, 11) is -3.65. The second kappa shape index (κ2) is 23.8. The number of benzene rings is 1. The topological polar surface area (TPSA) is 283 Å². The third kappa shape index (κ3) is 14.2. The van der Waals surface area contributed by atoms with E-state index in [1.807, 2.05) is 0 Å². The van der Waals surface area contributed by atoms with Crippen LogP contribution in [0.3, 0.4) is 0 Å². The number of aromatic nitrogens is 1. The second-order valence-electron chi connectivity index (χ2n) is 16.1. The van der Waals surface area contributed by atoms with Crippen molar-refractivity contribution in [3.05, 3.63) is 63.1 Å². The van der Waals surface area contributed by atoms with Gasteiger partial charge in [-0.15, -0.1) is 17.1 Å². The van der Waals surface area contributed by atoms with E-state index >= 15 is 0 Å². The molecular formula is C42H54N7NaO13S2. The average Bonchev–Trinajstić information content (AvgIpc) is 4.05. The van der Waals surface area contributed by atoms with Crippen LogP contribution in [-0.2, 0) is 59.8 Å². The van der Waals surface area contributed by atoms with Gasteiger partial charge in [0.15, 0.2) is 0 Å². The summed E-state index contributed by atoms with van der Waals surface area (Å²) in [5.41, 5.74) is 1.85. The molecule has 2 bridgehead atoms. The molecule has 1 aromatic carbocycles. The number of fused-ring (bicyclic) bond motifs is 3. The van der Waals surface area contributed by atoms with Gasteiger partial charge in [-0.05, 0) is 75.2 Å². The number of carbonyl (C=O) groups is 7. The summed E-state index contributed by atoms with van der Waals surface area (Å²) in [5.74, 6) is -6.73. The minimum Gasteiger partial charge on any atom is -0.872 e. The molecule has 5 rings (SSSR count). The summed E-state index contributed by atoms with van der Waals surface area (Å²) >= 11 is 1.22. The molecule has 23 heteroatoms. The fourth-order valence-electron chi connectivity index (χ4n) is 7.81. The van der Waals surface area contributed by atoms with Crippen LogP contribution in [0.1, 0.15) is 82.1 Å². The predicted molar refractivity (Wildman–Crippen MR) is 229 cm³/mol. The minimum absolute atomic E-state index is 0.